The maximum Gasteiger partial charge on any atom is 0.0841 e. The fourth-order valence-corrected chi connectivity index (χ4v) is 1.07. The predicted octanol–water partition coefficient (Wildman–Crippen LogP) is 2.91. The van der Waals surface area contributed by atoms with Crippen LogP contribution < -0.4 is 0 Å². The Balaban J connectivity index is 2.70. The van der Waals surface area contributed by atoms with Gasteiger partial charge in [0.1, 0.15) is 0 Å². The molecule has 1 aromatic heterocycles. The Bertz CT molecular complexity index is 360. The average molecular weight is 203 g/mol. The number of rotatable bonds is 3. The van der Waals surface area contributed by atoms with Crippen molar-refractivity contribution in [2.75, 3.05) is 0 Å². The Labute approximate surface area is 90.6 Å². The van der Waals surface area contributed by atoms with Crippen LogP contribution in [-0.2, 0) is 0 Å². The maximum absolute atomic E-state index is 7.85. The molecule has 2 N–H and O–H groups in total. The summed E-state index contributed by atoms with van der Waals surface area (Å²) >= 11 is 0. The summed E-state index contributed by atoms with van der Waals surface area (Å²) in [6.45, 7) is 5.96. The highest BCUT2D eigenvalue weighted by Gasteiger charge is 2.19. The third kappa shape index (κ3) is 3.27. The molecule has 0 radical (unpaired) electrons. The monoisotopic (exact) mass is 203 g/mol. The third-order valence-electron chi connectivity index (χ3n) is 2.23. The van der Waals surface area contributed by atoms with Crippen molar-refractivity contribution in [2.24, 2.45) is 5.41 Å². The molecule has 3 heteroatoms. The number of nitrogens with one attached hydrogen (secondary N) is 2. The van der Waals surface area contributed by atoms with Gasteiger partial charge >= 0.3 is 0 Å². The molecule has 0 atom stereocenters. The lowest BCUT2D eigenvalue weighted by Gasteiger charge is -2.19. The quantitative estimate of drug-likeness (QED) is 0.729. The molecule has 3 nitrogen and oxygen atoms in total. The van der Waals surface area contributed by atoms with Crippen molar-refractivity contribution in [1.82, 2.24) is 4.98 Å². The number of aromatic nitrogens is 1. The number of hydrogen-bond donors (Lipinski definition) is 2. The lowest BCUT2D eigenvalue weighted by Crippen LogP contribution is -2.22. The van der Waals surface area contributed by atoms with Crippen molar-refractivity contribution in [2.45, 2.75) is 27.2 Å². The van der Waals surface area contributed by atoms with Crippen LogP contribution in [0.3, 0.4) is 0 Å². The predicted molar refractivity (Wildman–Crippen MR) is 62.9 cm³/mol. The molecule has 15 heavy (non-hydrogen) atoms. The molecule has 0 spiro atoms. The molecule has 0 saturated carbocycles. The van der Waals surface area contributed by atoms with Crippen LogP contribution in [0, 0.1) is 16.2 Å². The van der Waals surface area contributed by atoms with Crippen molar-refractivity contribution in [3.8, 4) is 0 Å². The fraction of sp³-hybridized carbons (Fsp3) is 0.417. The van der Waals surface area contributed by atoms with Gasteiger partial charge in [0.2, 0.25) is 0 Å². The molecule has 0 bridgehead atoms. The van der Waals surface area contributed by atoms with Gasteiger partial charge < -0.3 is 10.8 Å². The zero-order chi connectivity index (χ0) is 11.5. The summed E-state index contributed by atoms with van der Waals surface area (Å²) in [5, 5.41) is 15.7. The Morgan fingerprint density at radius 2 is 1.93 bits per heavy atom. The van der Waals surface area contributed by atoms with E-state index < -0.39 is 0 Å². The first-order valence-electron chi connectivity index (χ1n) is 4.98. The van der Waals surface area contributed by atoms with Gasteiger partial charge in [-0.05, 0) is 17.5 Å². The van der Waals surface area contributed by atoms with E-state index in [9.17, 15) is 0 Å². The molecule has 0 amide bonds. The van der Waals surface area contributed by atoms with Crippen LogP contribution in [0.15, 0.2) is 24.4 Å². The van der Waals surface area contributed by atoms with Crippen molar-refractivity contribution in [3.63, 3.8) is 0 Å². The number of pyridine rings is 1. The molecular formula is C12H17N3. The summed E-state index contributed by atoms with van der Waals surface area (Å²) in [7, 11) is 0. The molecule has 1 aromatic rings. The van der Waals surface area contributed by atoms with Crippen molar-refractivity contribution < 1.29 is 0 Å². The minimum atomic E-state index is -0.166. The van der Waals surface area contributed by atoms with E-state index in [4.69, 9.17) is 10.8 Å². The lowest BCUT2D eigenvalue weighted by atomic mass is 9.86. The van der Waals surface area contributed by atoms with Gasteiger partial charge in [0, 0.05) is 18.3 Å². The van der Waals surface area contributed by atoms with Gasteiger partial charge in [0.25, 0.3) is 0 Å². The van der Waals surface area contributed by atoms with Gasteiger partial charge in [-0.3, -0.25) is 4.98 Å². The van der Waals surface area contributed by atoms with Crippen molar-refractivity contribution in [1.29, 1.82) is 10.8 Å². The van der Waals surface area contributed by atoms with Crippen LogP contribution in [-0.4, -0.2) is 16.4 Å². The Hall–Kier alpha value is -1.51. The topological polar surface area (TPSA) is 60.6 Å². The zero-order valence-electron chi connectivity index (χ0n) is 9.46. The summed E-state index contributed by atoms with van der Waals surface area (Å²) in [6.07, 6.45) is 2.05. The third-order valence-corrected chi connectivity index (χ3v) is 2.23. The Morgan fingerprint density at radius 1 is 1.27 bits per heavy atom. The number of nitrogens with zero attached hydrogens (tertiary/aromatic N) is 1. The highest BCUT2D eigenvalue weighted by Crippen LogP contribution is 2.18. The van der Waals surface area contributed by atoms with E-state index in [1.165, 1.54) is 0 Å². The fourth-order valence-electron chi connectivity index (χ4n) is 1.07. The molecule has 1 rings (SSSR count). The van der Waals surface area contributed by atoms with Gasteiger partial charge in [-0.25, -0.2) is 0 Å². The van der Waals surface area contributed by atoms with Crippen molar-refractivity contribution in [3.05, 3.63) is 30.1 Å². The van der Waals surface area contributed by atoms with Crippen LogP contribution in [0.5, 0.6) is 0 Å². The van der Waals surface area contributed by atoms with E-state index in [-0.39, 0.29) is 5.41 Å². The first-order chi connectivity index (χ1) is 6.91. The molecular weight excluding hydrogens is 186 g/mol. The second kappa shape index (κ2) is 4.34. The SMILES string of the molecule is CC(C)(C)C(=N)CC(=N)c1ccccn1. The Kier molecular flexibility index (Phi) is 3.35. The van der Waals surface area contributed by atoms with Crippen LogP contribution in [0.25, 0.3) is 0 Å². The average Bonchev–Trinajstić information content (AvgIpc) is 2.17. The summed E-state index contributed by atoms with van der Waals surface area (Å²) in [4.78, 5) is 4.09. The lowest BCUT2D eigenvalue weighted by molar-refractivity contribution is 0.580. The van der Waals surface area contributed by atoms with Gasteiger partial charge in [0.05, 0.1) is 11.4 Å². The van der Waals surface area contributed by atoms with E-state index in [0.29, 0.717) is 23.5 Å². The van der Waals surface area contributed by atoms with E-state index >= 15 is 0 Å². The normalized spacial score (nSPS) is 11.1. The van der Waals surface area contributed by atoms with Crippen LogP contribution in [0.2, 0.25) is 0 Å². The minimum Gasteiger partial charge on any atom is -0.309 e. The smallest absolute Gasteiger partial charge is 0.0841 e. The van der Waals surface area contributed by atoms with E-state index in [1.807, 2.05) is 32.9 Å². The first-order valence-corrected chi connectivity index (χ1v) is 4.98. The molecule has 0 saturated heterocycles. The van der Waals surface area contributed by atoms with Crippen LogP contribution in [0.1, 0.15) is 32.9 Å². The molecule has 0 aliphatic heterocycles. The van der Waals surface area contributed by atoms with Crippen LogP contribution in [0.4, 0.5) is 0 Å². The molecule has 0 aliphatic rings. The highest BCUT2D eigenvalue weighted by atomic mass is 14.7. The molecule has 0 unspecified atom stereocenters. The van der Waals surface area contributed by atoms with E-state index in [1.54, 1.807) is 12.3 Å². The molecule has 80 valence electrons. The molecule has 0 aromatic carbocycles. The van der Waals surface area contributed by atoms with Gasteiger partial charge in [-0.2, -0.15) is 0 Å². The van der Waals surface area contributed by atoms with Gasteiger partial charge in [-0.15, -0.1) is 0 Å². The minimum absolute atomic E-state index is 0.166. The van der Waals surface area contributed by atoms with E-state index in [2.05, 4.69) is 4.98 Å². The first kappa shape index (κ1) is 11.6. The van der Waals surface area contributed by atoms with Gasteiger partial charge in [0.15, 0.2) is 0 Å². The standard InChI is InChI=1S/C12H17N3/c1-12(2,3)11(14)8-9(13)10-6-4-5-7-15-10/h4-7,13-14H,8H2,1-3H3. The summed E-state index contributed by atoms with van der Waals surface area (Å²) < 4.78 is 0. The van der Waals surface area contributed by atoms with Crippen molar-refractivity contribution >= 4 is 11.4 Å². The summed E-state index contributed by atoms with van der Waals surface area (Å²) in [5.74, 6) is 0. The Morgan fingerprint density at radius 3 is 2.40 bits per heavy atom. The summed E-state index contributed by atoms with van der Waals surface area (Å²) in [5.41, 5.74) is 1.47. The summed E-state index contributed by atoms with van der Waals surface area (Å²) in [6, 6.07) is 5.49. The largest absolute Gasteiger partial charge is 0.309 e. The second-order valence-corrected chi connectivity index (χ2v) is 4.60. The van der Waals surface area contributed by atoms with Crippen LogP contribution >= 0.6 is 0 Å². The molecule has 1 heterocycles. The second-order valence-electron chi connectivity index (χ2n) is 4.60. The maximum atomic E-state index is 7.85. The zero-order valence-corrected chi connectivity index (χ0v) is 9.46. The van der Waals surface area contributed by atoms with E-state index in [0.717, 1.165) is 0 Å². The number of hydrogen-bond acceptors (Lipinski definition) is 3. The molecule has 0 fully saturated rings. The molecule has 0 aliphatic carbocycles. The highest BCUT2D eigenvalue weighted by molar-refractivity contribution is 6.10. The van der Waals surface area contributed by atoms with Gasteiger partial charge in [-0.1, -0.05) is 26.8 Å².